The largest absolute Gasteiger partial charge is 0.496 e. The minimum Gasteiger partial charge on any atom is -0.496 e. The van der Waals surface area contributed by atoms with Crippen LogP contribution in [-0.2, 0) is 4.74 Å². The summed E-state index contributed by atoms with van der Waals surface area (Å²) in [5.74, 6) is 1.39. The van der Waals surface area contributed by atoms with Gasteiger partial charge in [0.25, 0.3) is 0 Å². The Balaban J connectivity index is 1.82. The van der Waals surface area contributed by atoms with Crippen molar-refractivity contribution in [1.82, 2.24) is 0 Å². The van der Waals surface area contributed by atoms with Crippen LogP contribution in [0.3, 0.4) is 0 Å². The number of rotatable bonds is 2. The van der Waals surface area contributed by atoms with Gasteiger partial charge in [0.1, 0.15) is 5.75 Å². The third-order valence-corrected chi connectivity index (χ3v) is 5.59. The molecule has 2 aliphatic rings. The van der Waals surface area contributed by atoms with E-state index in [4.69, 9.17) is 9.47 Å². The van der Waals surface area contributed by atoms with Crippen LogP contribution in [0.1, 0.15) is 35.3 Å². The van der Waals surface area contributed by atoms with Gasteiger partial charge in [0.15, 0.2) is 0 Å². The molecular formula is C19H20INO2. The number of methoxy groups -OCH3 is 1. The Hall–Kier alpha value is -1.27. The molecule has 3 atom stereocenters. The standard InChI is InChI=1S/C19H20INO2/c1-11-3-5-16-14(9-11)19-13(7-8-23-19)18(21-16)15-10-12(20)4-6-17(15)22-2/h3-6,9-10,13,18-19,21H,7-8H2,1-2H3. The SMILES string of the molecule is COc1ccc(I)cc1C1Nc2ccc(C)cc2C2OCCC12. The lowest BCUT2D eigenvalue weighted by atomic mass is 9.80. The van der Waals surface area contributed by atoms with Gasteiger partial charge in [-0.3, -0.25) is 0 Å². The number of fused-ring (bicyclic) bond motifs is 3. The number of anilines is 1. The van der Waals surface area contributed by atoms with E-state index in [9.17, 15) is 0 Å². The van der Waals surface area contributed by atoms with E-state index in [2.05, 4.69) is 71.2 Å². The van der Waals surface area contributed by atoms with Gasteiger partial charge in [-0.05, 0) is 60.2 Å². The molecule has 1 saturated heterocycles. The molecule has 0 amide bonds. The molecule has 120 valence electrons. The summed E-state index contributed by atoms with van der Waals surface area (Å²) in [5, 5.41) is 3.75. The molecule has 3 nitrogen and oxygen atoms in total. The van der Waals surface area contributed by atoms with E-state index in [1.807, 2.05) is 0 Å². The Labute approximate surface area is 150 Å². The summed E-state index contributed by atoms with van der Waals surface area (Å²) in [4.78, 5) is 0. The Morgan fingerprint density at radius 1 is 1.17 bits per heavy atom. The monoisotopic (exact) mass is 421 g/mol. The van der Waals surface area contributed by atoms with Crippen molar-refractivity contribution in [2.24, 2.45) is 5.92 Å². The maximum absolute atomic E-state index is 6.11. The number of halogens is 1. The fraction of sp³-hybridized carbons (Fsp3) is 0.368. The van der Waals surface area contributed by atoms with Crippen LogP contribution < -0.4 is 10.1 Å². The summed E-state index contributed by atoms with van der Waals surface area (Å²) in [6, 6.07) is 13.2. The fourth-order valence-corrected chi connectivity index (χ4v) is 4.36. The zero-order chi connectivity index (χ0) is 16.0. The highest BCUT2D eigenvalue weighted by atomic mass is 127. The fourth-order valence-electron chi connectivity index (χ4n) is 3.85. The molecule has 0 aliphatic carbocycles. The lowest BCUT2D eigenvalue weighted by molar-refractivity contribution is 0.0826. The number of hydrogen-bond donors (Lipinski definition) is 1. The van der Waals surface area contributed by atoms with E-state index in [0.717, 1.165) is 18.8 Å². The van der Waals surface area contributed by atoms with Gasteiger partial charge in [-0.15, -0.1) is 0 Å². The molecule has 2 aromatic rings. The highest BCUT2D eigenvalue weighted by Gasteiger charge is 2.42. The molecule has 0 radical (unpaired) electrons. The molecule has 2 aliphatic heterocycles. The summed E-state index contributed by atoms with van der Waals surface area (Å²) in [6.45, 7) is 2.96. The normalized spacial score (nSPS) is 25.4. The van der Waals surface area contributed by atoms with E-state index in [1.54, 1.807) is 7.11 Å². The highest BCUT2D eigenvalue weighted by Crippen LogP contribution is 2.51. The lowest BCUT2D eigenvalue weighted by Crippen LogP contribution is -2.29. The van der Waals surface area contributed by atoms with Gasteiger partial charge in [-0.25, -0.2) is 0 Å². The second-order valence-corrected chi connectivity index (χ2v) is 7.59. The molecule has 1 fully saturated rings. The van der Waals surface area contributed by atoms with Gasteiger partial charge in [0.2, 0.25) is 0 Å². The van der Waals surface area contributed by atoms with Gasteiger partial charge >= 0.3 is 0 Å². The molecule has 0 saturated carbocycles. The highest BCUT2D eigenvalue weighted by molar-refractivity contribution is 14.1. The van der Waals surface area contributed by atoms with Gasteiger partial charge in [0, 0.05) is 32.9 Å². The van der Waals surface area contributed by atoms with Crippen LogP contribution in [0, 0.1) is 16.4 Å². The summed E-state index contributed by atoms with van der Waals surface area (Å²) < 4.78 is 13.0. The first kappa shape index (κ1) is 15.3. The Morgan fingerprint density at radius 2 is 2.04 bits per heavy atom. The number of nitrogens with one attached hydrogen (secondary N) is 1. The van der Waals surface area contributed by atoms with Gasteiger partial charge < -0.3 is 14.8 Å². The number of aryl methyl sites for hydroxylation is 1. The smallest absolute Gasteiger partial charge is 0.124 e. The zero-order valence-corrected chi connectivity index (χ0v) is 15.5. The zero-order valence-electron chi connectivity index (χ0n) is 13.3. The van der Waals surface area contributed by atoms with E-state index < -0.39 is 0 Å². The van der Waals surface area contributed by atoms with Gasteiger partial charge in [0.05, 0.1) is 19.3 Å². The van der Waals surface area contributed by atoms with Crippen LogP contribution in [-0.4, -0.2) is 13.7 Å². The van der Waals surface area contributed by atoms with Crippen molar-refractivity contribution >= 4 is 28.3 Å². The third-order valence-electron chi connectivity index (χ3n) is 4.92. The molecule has 0 spiro atoms. The average Bonchev–Trinajstić information content (AvgIpc) is 3.04. The van der Waals surface area contributed by atoms with Gasteiger partial charge in [-0.2, -0.15) is 0 Å². The van der Waals surface area contributed by atoms with Crippen LogP contribution in [0.5, 0.6) is 5.75 Å². The quantitative estimate of drug-likeness (QED) is 0.704. The van der Waals surface area contributed by atoms with Crippen molar-refractivity contribution < 1.29 is 9.47 Å². The molecule has 3 unspecified atom stereocenters. The van der Waals surface area contributed by atoms with Crippen LogP contribution >= 0.6 is 22.6 Å². The van der Waals surface area contributed by atoms with E-state index in [1.165, 1.54) is 25.9 Å². The lowest BCUT2D eigenvalue weighted by Gasteiger charge is -2.37. The number of ether oxygens (including phenoxy) is 2. The van der Waals surface area contributed by atoms with Crippen molar-refractivity contribution in [3.63, 3.8) is 0 Å². The number of benzene rings is 2. The van der Waals surface area contributed by atoms with E-state index >= 15 is 0 Å². The molecule has 1 N–H and O–H groups in total. The molecule has 0 bridgehead atoms. The first-order chi connectivity index (χ1) is 11.2. The Bertz CT molecular complexity index is 746. The summed E-state index contributed by atoms with van der Waals surface area (Å²) in [7, 11) is 1.74. The first-order valence-electron chi connectivity index (χ1n) is 7.99. The van der Waals surface area contributed by atoms with Crippen LogP contribution in [0.25, 0.3) is 0 Å². The van der Waals surface area contributed by atoms with Crippen LogP contribution in [0.2, 0.25) is 0 Å². The Kier molecular flexibility index (Phi) is 3.97. The van der Waals surface area contributed by atoms with Crippen molar-refractivity contribution in [3.05, 3.63) is 56.7 Å². The predicted octanol–water partition coefficient (Wildman–Crippen LogP) is 4.85. The Morgan fingerprint density at radius 3 is 2.87 bits per heavy atom. The third kappa shape index (κ3) is 2.62. The molecule has 0 aromatic heterocycles. The molecule has 2 aromatic carbocycles. The molecule has 23 heavy (non-hydrogen) atoms. The van der Waals surface area contributed by atoms with Crippen LogP contribution in [0.4, 0.5) is 5.69 Å². The van der Waals surface area contributed by atoms with E-state index in [-0.39, 0.29) is 12.1 Å². The second-order valence-electron chi connectivity index (χ2n) is 6.34. The minimum absolute atomic E-state index is 0.179. The van der Waals surface area contributed by atoms with Crippen molar-refractivity contribution in [1.29, 1.82) is 0 Å². The summed E-state index contributed by atoms with van der Waals surface area (Å²) >= 11 is 2.36. The molecular weight excluding hydrogens is 401 g/mol. The molecule has 4 rings (SSSR count). The van der Waals surface area contributed by atoms with Crippen molar-refractivity contribution in [3.8, 4) is 5.75 Å². The van der Waals surface area contributed by atoms with Crippen molar-refractivity contribution in [2.45, 2.75) is 25.5 Å². The van der Waals surface area contributed by atoms with Crippen LogP contribution in [0.15, 0.2) is 36.4 Å². The molecule has 4 heteroatoms. The van der Waals surface area contributed by atoms with Gasteiger partial charge in [-0.1, -0.05) is 17.7 Å². The summed E-state index contributed by atoms with van der Waals surface area (Å²) in [6.07, 6.45) is 1.25. The summed E-state index contributed by atoms with van der Waals surface area (Å²) in [5.41, 5.74) is 4.99. The first-order valence-corrected chi connectivity index (χ1v) is 9.07. The predicted molar refractivity (Wildman–Crippen MR) is 100 cm³/mol. The van der Waals surface area contributed by atoms with Crippen molar-refractivity contribution in [2.75, 3.05) is 19.0 Å². The molecule has 2 heterocycles. The average molecular weight is 421 g/mol. The van der Waals surface area contributed by atoms with E-state index in [0.29, 0.717) is 5.92 Å². The second kappa shape index (κ2) is 5.98. The maximum atomic E-state index is 6.11. The minimum atomic E-state index is 0.179. The maximum Gasteiger partial charge on any atom is 0.124 e. The topological polar surface area (TPSA) is 30.5 Å². The number of hydrogen-bond acceptors (Lipinski definition) is 3.